The largest absolute Gasteiger partial charge is 0.497 e. The third kappa shape index (κ3) is 3.26. The van der Waals surface area contributed by atoms with Gasteiger partial charge in [-0.15, -0.1) is 0 Å². The first kappa shape index (κ1) is 13.9. The van der Waals surface area contributed by atoms with E-state index < -0.39 is 5.91 Å². The van der Waals surface area contributed by atoms with E-state index >= 15 is 0 Å². The number of nitrogens with one attached hydrogen (secondary N) is 1. The Balaban J connectivity index is 2.12. The number of benzene rings is 2. The summed E-state index contributed by atoms with van der Waals surface area (Å²) in [4.78, 5) is 11.1. The summed E-state index contributed by atoms with van der Waals surface area (Å²) in [7, 11) is 1.52. The summed E-state index contributed by atoms with van der Waals surface area (Å²) in [6.07, 6.45) is 0. The van der Waals surface area contributed by atoms with Crippen LogP contribution in [0, 0.1) is 5.82 Å². The van der Waals surface area contributed by atoms with Crippen molar-refractivity contribution in [2.24, 2.45) is 5.73 Å². The molecule has 0 aliphatic rings. The van der Waals surface area contributed by atoms with Crippen molar-refractivity contribution in [1.29, 1.82) is 0 Å². The first-order valence-corrected chi connectivity index (χ1v) is 6.06. The highest BCUT2D eigenvalue weighted by Gasteiger charge is 2.05. The van der Waals surface area contributed by atoms with Crippen LogP contribution in [-0.2, 0) is 6.54 Å². The zero-order valence-corrected chi connectivity index (χ0v) is 11.0. The van der Waals surface area contributed by atoms with Crippen molar-refractivity contribution in [2.75, 3.05) is 12.4 Å². The average Bonchev–Trinajstić information content (AvgIpc) is 2.46. The molecule has 0 fully saturated rings. The fraction of sp³-hybridized carbons (Fsp3) is 0.133. The maximum Gasteiger partial charge on any atom is 0.248 e. The van der Waals surface area contributed by atoms with Crippen LogP contribution in [0.4, 0.5) is 10.1 Å². The number of hydrogen-bond acceptors (Lipinski definition) is 3. The standard InChI is InChI=1S/C15H15FN2O2/c1-20-12-5-6-13(16)14(8-12)18-9-10-3-2-4-11(7-10)15(17)19/h2-8,18H,9H2,1H3,(H2,17,19). The average molecular weight is 274 g/mol. The van der Waals surface area contributed by atoms with Gasteiger partial charge in [0, 0.05) is 18.2 Å². The molecule has 0 saturated carbocycles. The Morgan fingerprint density at radius 1 is 1.30 bits per heavy atom. The van der Waals surface area contributed by atoms with Crippen LogP contribution in [0.15, 0.2) is 42.5 Å². The fourth-order valence-corrected chi connectivity index (χ4v) is 1.80. The van der Waals surface area contributed by atoms with Crippen molar-refractivity contribution < 1.29 is 13.9 Å². The predicted octanol–water partition coefficient (Wildman–Crippen LogP) is 2.55. The number of hydrogen-bond donors (Lipinski definition) is 2. The Labute approximate surface area is 116 Å². The minimum absolute atomic E-state index is 0.342. The number of nitrogens with two attached hydrogens (primary N) is 1. The first-order valence-electron chi connectivity index (χ1n) is 6.06. The number of anilines is 1. The lowest BCUT2D eigenvalue weighted by atomic mass is 10.1. The highest BCUT2D eigenvalue weighted by molar-refractivity contribution is 5.92. The van der Waals surface area contributed by atoms with Gasteiger partial charge in [0.15, 0.2) is 0 Å². The Bertz CT molecular complexity index is 629. The monoisotopic (exact) mass is 274 g/mol. The second-order valence-corrected chi connectivity index (χ2v) is 4.26. The molecule has 0 atom stereocenters. The lowest BCUT2D eigenvalue weighted by Gasteiger charge is -2.10. The van der Waals surface area contributed by atoms with Crippen LogP contribution in [0.3, 0.4) is 0 Å². The van der Waals surface area contributed by atoms with Gasteiger partial charge in [-0.25, -0.2) is 4.39 Å². The second kappa shape index (κ2) is 6.06. The van der Waals surface area contributed by atoms with E-state index in [1.165, 1.54) is 13.2 Å². The Kier molecular flexibility index (Phi) is 4.20. The molecule has 2 aromatic rings. The molecule has 20 heavy (non-hydrogen) atoms. The highest BCUT2D eigenvalue weighted by Crippen LogP contribution is 2.21. The molecule has 0 spiro atoms. The maximum absolute atomic E-state index is 13.6. The normalized spacial score (nSPS) is 10.1. The molecule has 104 valence electrons. The molecular formula is C15H15FN2O2. The molecule has 0 aliphatic carbocycles. The molecule has 0 aliphatic heterocycles. The number of halogens is 1. The molecule has 0 unspecified atom stereocenters. The van der Waals surface area contributed by atoms with Crippen LogP contribution in [0.25, 0.3) is 0 Å². The van der Waals surface area contributed by atoms with E-state index in [1.807, 2.05) is 6.07 Å². The molecule has 2 rings (SSSR count). The molecule has 3 N–H and O–H groups in total. The smallest absolute Gasteiger partial charge is 0.248 e. The Morgan fingerprint density at radius 3 is 2.80 bits per heavy atom. The van der Waals surface area contributed by atoms with E-state index in [0.717, 1.165) is 5.56 Å². The van der Waals surface area contributed by atoms with E-state index in [2.05, 4.69) is 5.32 Å². The summed E-state index contributed by atoms with van der Waals surface area (Å²) in [5, 5.41) is 2.96. The summed E-state index contributed by atoms with van der Waals surface area (Å²) in [6.45, 7) is 0.380. The maximum atomic E-state index is 13.6. The van der Waals surface area contributed by atoms with E-state index in [-0.39, 0.29) is 5.82 Å². The number of amides is 1. The molecule has 0 bridgehead atoms. The van der Waals surface area contributed by atoms with Crippen molar-refractivity contribution in [3.63, 3.8) is 0 Å². The van der Waals surface area contributed by atoms with Gasteiger partial charge in [-0.05, 0) is 29.8 Å². The molecule has 0 saturated heterocycles. The Hall–Kier alpha value is -2.56. The quantitative estimate of drug-likeness (QED) is 0.880. The number of methoxy groups -OCH3 is 1. The third-order valence-corrected chi connectivity index (χ3v) is 2.87. The van der Waals surface area contributed by atoms with Crippen LogP contribution in [0.5, 0.6) is 5.75 Å². The van der Waals surface area contributed by atoms with Gasteiger partial charge >= 0.3 is 0 Å². The van der Waals surface area contributed by atoms with Crippen molar-refractivity contribution in [3.05, 3.63) is 59.4 Å². The molecular weight excluding hydrogens is 259 g/mol. The highest BCUT2D eigenvalue weighted by atomic mass is 19.1. The number of ether oxygens (including phenoxy) is 1. The van der Waals surface area contributed by atoms with Gasteiger partial charge in [-0.3, -0.25) is 4.79 Å². The molecule has 2 aromatic carbocycles. The minimum atomic E-state index is -0.487. The van der Waals surface area contributed by atoms with Gasteiger partial charge in [-0.1, -0.05) is 12.1 Å². The lowest BCUT2D eigenvalue weighted by molar-refractivity contribution is 0.1000. The van der Waals surface area contributed by atoms with Crippen molar-refractivity contribution in [2.45, 2.75) is 6.54 Å². The number of carbonyl (C=O) groups excluding carboxylic acids is 1. The molecule has 0 heterocycles. The van der Waals surface area contributed by atoms with Crippen molar-refractivity contribution in [3.8, 4) is 5.75 Å². The number of rotatable bonds is 5. The second-order valence-electron chi connectivity index (χ2n) is 4.26. The van der Waals surface area contributed by atoms with Crippen molar-refractivity contribution in [1.82, 2.24) is 0 Å². The van der Waals surface area contributed by atoms with E-state index in [1.54, 1.807) is 30.3 Å². The van der Waals surface area contributed by atoms with E-state index in [9.17, 15) is 9.18 Å². The SMILES string of the molecule is COc1ccc(F)c(NCc2cccc(C(N)=O)c2)c1. The predicted molar refractivity (Wildman–Crippen MR) is 75.2 cm³/mol. The fourth-order valence-electron chi connectivity index (χ4n) is 1.80. The summed E-state index contributed by atoms with van der Waals surface area (Å²) >= 11 is 0. The minimum Gasteiger partial charge on any atom is -0.497 e. The molecule has 4 nitrogen and oxygen atoms in total. The summed E-state index contributed by atoms with van der Waals surface area (Å²) in [5.74, 6) is -0.281. The molecule has 1 amide bonds. The number of primary amides is 1. The van der Waals surface area contributed by atoms with Crippen LogP contribution < -0.4 is 15.8 Å². The van der Waals surface area contributed by atoms with Crippen LogP contribution in [0.2, 0.25) is 0 Å². The molecule has 0 radical (unpaired) electrons. The van der Waals surface area contributed by atoms with E-state index in [4.69, 9.17) is 10.5 Å². The van der Waals surface area contributed by atoms with E-state index in [0.29, 0.717) is 23.5 Å². The molecule has 5 heteroatoms. The zero-order chi connectivity index (χ0) is 14.5. The van der Waals surface area contributed by atoms with Crippen LogP contribution in [0.1, 0.15) is 15.9 Å². The summed E-state index contributed by atoms with van der Waals surface area (Å²) in [6, 6.07) is 11.3. The summed E-state index contributed by atoms with van der Waals surface area (Å²) in [5.41, 5.74) is 6.82. The Morgan fingerprint density at radius 2 is 2.10 bits per heavy atom. The lowest BCUT2D eigenvalue weighted by Crippen LogP contribution is -2.11. The van der Waals surface area contributed by atoms with Gasteiger partial charge < -0.3 is 15.8 Å². The van der Waals surface area contributed by atoms with Gasteiger partial charge in [-0.2, -0.15) is 0 Å². The number of carbonyl (C=O) groups is 1. The topological polar surface area (TPSA) is 64.3 Å². The van der Waals surface area contributed by atoms with Gasteiger partial charge in [0.2, 0.25) is 5.91 Å². The van der Waals surface area contributed by atoms with Crippen LogP contribution in [-0.4, -0.2) is 13.0 Å². The van der Waals surface area contributed by atoms with Crippen LogP contribution >= 0.6 is 0 Å². The van der Waals surface area contributed by atoms with Crippen molar-refractivity contribution >= 4 is 11.6 Å². The third-order valence-electron chi connectivity index (χ3n) is 2.87. The molecule has 0 aromatic heterocycles. The van der Waals surface area contributed by atoms with Gasteiger partial charge in [0.1, 0.15) is 11.6 Å². The first-order chi connectivity index (χ1) is 9.60. The summed E-state index contributed by atoms with van der Waals surface area (Å²) < 4.78 is 18.7. The van der Waals surface area contributed by atoms with Gasteiger partial charge in [0.25, 0.3) is 0 Å². The van der Waals surface area contributed by atoms with Gasteiger partial charge in [0.05, 0.1) is 12.8 Å². The zero-order valence-electron chi connectivity index (χ0n) is 11.0.